The van der Waals surface area contributed by atoms with Gasteiger partial charge in [0.05, 0.1) is 3.79 Å². The zero-order valence-electron chi connectivity index (χ0n) is 7.40. The van der Waals surface area contributed by atoms with Crippen molar-refractivity contribution in [1.82, 2.24) is 4.98 Å². The van der Waals surface area contributed by atoms with Crippen molar-refractivity contribution < 1.29 is 0 Å². The van der Waals surface area contributed by atoms with E-state index in [0.717, 1.165) is 9.35 Å². The minimum atomic E-state index is 0.526. The van der Waals surface area contributed by atoms with Crippen LogP contribution in [0.4, 0.5) is 0 Å². The van der Waals surface area contributed by atoms with Crippen LogP contribution < -0.4 is 5.73 Å². The number of aromatic nitrogens is 1. The van der Waals surface area contributed by atoms with Gasteiger partial charge in [0.25, 0.3) is 0 Å². The van der Waals surface area contributed by atoms with E-state index in [1.54, 1.807) is 17.5 Å². The van der Waals surface area contributed by atoms with Gasteiger partial charge >= 0.3 is 0 Å². The molecule has 0 aliphatic carbocycles. The van der Waals surface area contributed by atoms with E-state index in [-0.39, 0.29) is 0 Å². The Hall–Kier alpha value is -0.710. The topological polar surface area (TPSA) is 38.9 Å². The molecule has 0 atom stereocenters. The third-order valence-corrected chi connectivity index (χ3v) is 3.62. The first-order valence-corrected chi connectivity index (χ1v) is 5.81. The van der Waals surface area contributed by atoms with Gasteiger partial charge in [-0.2, -0.15) is 0 Å². The molecule has 4 heteroatoms. The number of pyridine rings is 1. The Morgan fingerprint density at radius 2 is 2.21 bits per heavy atom. The smallest absolute Gasteiger partial charge is 0.0705 e. The number of nitrogens with two attached hydrogens (primary N) is 1. The third kappa shape index (κ3) is 1.87. The van der Waals surface area contributed by atoms with Crippen LogP contribution in [0.25, 0.3) is 10.4 Å². The summed E-state index contributed by atoms with van der Waals surface area (Å²) >= 11 is 5.15. The fraction of sp³-hybridized carbons (Fsp3) is 0.100. The molecule has 0 amide bonds. The highest BCUT2D eigenvalue weighted by molar-refractivity contribution is 9.11. The van der Waals surface area contributed by atoms with Gasteiger partial charge in [0.1, 0.15) is 0 Å². The Morgan fingerprint density at radius 3 is 2.86 bits per heavy atom. The lowest BCUT2D eigenvalue weighted by Gasteiger charge is -2.03. The Balaban J connectivity index is 2.50. The molecule has 72 valence electrons. The molecule has 0 radical (unpaired) electrons. The number of rotatable bonds is 2. The lowest BCUT2D eigenvalue weighted by molar-refractivity contribution is 1.05. The highest BCUT2D eigenvalue weighted by Crippen LogP contribution is 2.32. The second kappa shape index (κ2) is 4.21. The van der Waals surface area contributed by atoms with Crippen LogP contribution in [0.1, 0.15) is 5.56 Å². The van der Waals surface area contributed by atoms with Crippen LogP contribution in [0.3, 0.4) is 0 Å². The normalized spacial score (nSPS) is 10.4. The summed E-state index contributed by atoms with van der Waals surface area (Å²) in [4.78, 5) is 5.28. The molecule has 0 saturated carbocycles. The van der Waals surface area contributed by atoms with Crippen molar-refractivity contribution in [3.8, 4) is 10.4 Å². The van der Waals surface area contributed by atoms with Crippen molar-refractivity contribution in [2.24, 2.45) is 5.73 Å². The standard InChI is InChI=1S/C10H9BrN2S/c11-10-2-1-9(14-10)8-3-4-13-6-7(8)5-12/h1-4,6H,5,12H2. The van der Waals surface area contributed by atoms with Gasteiger partial charge in [0.2, 0.25) is 0 Å². The lowest BCUT2D eigenvalue weighted by atomic mass is 10.1. The molecule has 2 rings (SSSR count). The van der Waals surface area contributed by atoms with Crippen LogP contribution in [0, 0.1) is 0 Å². The highest BCUT2D eigenvalue weighted by atomic mass is 79.9. The number of hydrogen-bond acceptors (Lipinski definition) is 3. The zero-order valence-corrected chi connectivity index (χ0v) is 9.81. The van der Waals surface area contributed by atoms with Gasteiger partial charge in [0.15, 0.2) is 0 Å². The van der Waals surface area contributed by atoms with E-state index in [4.69, 9.17) is 5.73 Å². The summed E-state index contributed by atoms with van der Waals surface area (Å²) in [6.45, 7) is 0.526. The van der Waals surface area contributed by atoms with E-state index in [2.05, 4.69) is 27.0 Å². The van der Waals surface area contributed by atoms with E-state index in [1.807, 2.05) is 18.3 Å². The van der Waals surface area contributed by atoms with E-state index < -0.39 is 0 Å². The summed E-state index contributed by atoms with van der Waals surface area (Å²) in [6.07, 6.45) is 3.62. The summed E-state index contributed by atoms with van der Waals surface area (Å²) < 4.78 is 1.13. The molecule has 0 saturated heterocycles. The second-order valence-corrected chi connectivity index (χ2v) is 5.30. The van der Waals surface area contributed by atoms with Crippen molar-refractivity contribution in [2.45, 2.75) is 6.54 Å². The summed E-state index contributed by atoms with van der Waals surface area (Å²) in [5.41, 5.74) is 7.91. The third-order valence-electron chi connectivity index (χ3n) is 1.96. The predicted octanol–water partition coefficient (Wildman–Crippen LogP) is 3.03. The summed E-state index contributed by atoms with van der Waals surface area (Å²) in [7, 11) is 0. The maximum Gasteiger partial charge on any atom is 0.0705 e. The molecule has 0 aliphatic heterocycles. The molecule has 0 fully saturated rings. The average Bonchev–Trinajstić information content (AvgIpc) is 2.65. The Labute approximate surface area is 94.9 Å². The fourth-order valence-electron chi connectivity index (χ4n) is 1.29. The van der Waals surface area contributed by atoms with Crippen molar-refractivity contribution in [2.75, 3.05) is 0 Å². The van der Waals surface area contributed by atoms with Crippen LogP contribution in [0.15, 0.2) is 34.4 Å². The Kier molecular flexibility index (Phi) is 2.96. The molecule has 0 aromatic carbocycles. The van der Waals surface area contributed by atoms with Gasteiger partial charge in [-0.05, 0) is 45.3 Å². The summed E-state index contributed by atoms with van der Waals surface area (Å²) in [6, 6.07) is 6.13. The first-order valence-electron chi connectivity index (χ1n) is 4.20. The highest BCUT2D eigenvalue weighted by Gasteiger charge is 2.05. The molecular weight excluding hydrogens is 260 g/mol. The van der Waals surface area contributed by atoms with Crippen LogP contribution >= 0.6 is 27.3 Å². The zero-order chi connectivity index (χ0) is 9.97. The van der Waals surface area contributed by atoms with Crippen LogP contribution in [0.2, 0.25) is 0 Å². The van der Waals surface area contributed by atoms with Crippen LogP contribution in [-0.4, -0.2) is 4.98 Å². The van der Waals surface area contributed by atoms with Gasteiger partial charge < -0.3 is 5.73 Å². The number of nitrogens with zero attached hydrogens (tertiary/aromatic N) is 1. The van der Waals surface area contributed by atoms with Crippen LogP contribution in [0.5, 0.6) is 0 Å². The molecule has 0 unspecified atom stereocenters. The molecular formula is C10H9BrN2S. The minimum absolute atomic E-state index is 0.526. The molecule has 2 aromatic rings. The largest absolute Gasteiger partial charge is 0.326 e. The van der Waals surface area contributed by atoms with Gasteiger partial charge in [-0.25, -0.2) is 0 Å². The quantitative estimate of drug-likeness (QED) is 0.910. The number of thiophene rings is 1. The SMILES string of the molecule is NCc1cnccc1-c1ccc(Br)s1. The molecule has 2 N–H and O–H groups in total. The minimum Gasteiger partial charge on any atom is -0.326 e. The maximum absolute atomic E-state index is 5.65. The fourth-order valence-corrected chi connectivity index (χ4v) is 2.74. The van der Waals surface area contributed by atoms with Crippen molar-refractivity contribution in [3.05, 3.63) is 39.9 Å². The lowest BCUT2D eigenvalue weighted by Crippen LogP contribution is -1.98. The van der Waals surface area contributed by atoms with Gasteiger partial charge in [-0.3, -0.25) is 4.98 Å². The molecule has 2 nitrogen and oxygen atoms in total. The predicted molar refractivity (Wildman–Crippen MR) is 63.1 cm³/mol. The molecule has 14 heavy (non-hydrogen) atoms. The van der Waals surface area contributed by atoms with Crippen LogP contribution in [-0.2, 0) is 6.54 Å². The molecule has 0 bridgehead atoms. The maximum atomic E-state index is 5.65. The molecule has 0 aliphatic rings. The van der Waals surface area contributed by atoms with E-state index in [0.29, 0.717) is 6.54 Å². The number of halogens is 1. The Bertz CT molecular complexity index is 439. The van der Waals surface area contributed by atoms with Gasteiger partial charge in [-0.1, -0.05) is 0 Å². The van der Waals surface area contributed by atoms with E-state index >= 15 is 0 Å². The van der Waals surface area contributed by atoms with Crippen molar-refractivity contribution in [3.63, 3.8) is 0 Å². The summed E-state index contributed by atoms with van der Waals surface area (Å²) in [5.74, 6) is 0. The second-order valence-electron chi connectivity index (χ2n) is 2.84. The summed E-state index contributed by atoms with van der Waals surface area (Å²) in [5, 5.41) is 0. The first kappa shape index (κ1) is 9.83. The molecule has 2 heterocycles. The number of hydrogen-bond donors (Lipinski definition) is 1. The first-order chi connectivity index (χ1) is 6.81. The van der Waals surface area contributed by atoms with Crippen molar-refractivity contribution in [1.29, 1.82) is 0 Å². The van der Waals surface area contributed by atoms with Crippen molar-refractivity contribution >= 4 is 27.3 Å². The molecule has 0 spiro atoms. The average molecular weight is 269 g/mol. The monoisotopic (exact) mass is 268 g/mol. The Morgan fingerprint density at radius 1 is 1.36 bits per heavy atom. The van der Waals surface area contributed by atoms with E-state index in [1.165, 1.54) is 10.4 Å². The van der Waals surface area contributed by atoms with E-state index in [9.17, 15) is 0 Å². The molecule has 2 aromatic heterocycles. The van der Waals surface area contributed by atoms with Gasteiger partial charge in [-0.15, -0.1) is 11.3 Å². The van der Waals surface area contributed by atoms with Gasteiger partial charge in [0, 0.05) is 23.8 Å².